The highest BCUT2D eigenvalue weighted by molar-refractivity contribution is 5.81. The number of hydrogen-bond acceptors (Lipinski definition) is 10. The summed E-state index contributed by atoms with van der Waals surface area (Å²) in [6.07, 6.45) is -4.36. The second-order valence-corrected chi connectivity index (χ2v) is 8.41. The summed E-state index contributed by atoms with van der Waals surface area (Å²) >= 11 is 0. The van der Waals surface area contributed by atoms with Gasteiger partial charge < -0.3 is 36.0 Å². The average molecular weight is 491 g/mol. The average Bonchev–Trinajstić information content (AvgIpc) is 2.82. The largest absolute Gasteiger partial charge is 0.394 e. The van der Waals surface area contributed by atoms with Gasteiger partial charge in [0.05, 0.1) is 24.2 Å². The van der Waals surface area contributed by atoms with E-state index in [4.69, 9.17) is 10.8 Å². The van der Waals surface area contributed by atoms with Gasteiger partial charge in [-0.1, -0.05) is 0 Å². The van der Waals surface area contributed by atoms with E-state index in [1.807, 2.05) is 13.8 Å². The van der Waals surface area contributed by atoms with Crippen LogP contribution >= 0.6 is 0 Å². The van der Waals surface area contributed by atoms with Gasteiger partial charge in [-0.2, -0.15) is 4.98 Å². The molecule has 2 heterocycles. The Morgan fingerprint density at radius 3 is 2.43 bits per heavy atom. The van der Waals surface area contributed by atoms with E-state index in [9.17, 15) is 29.7 Å². The summed E-state index contributed by atoms with van der Waals surface area (Å²) in [6.45, 7) is 2.66. The van der Waals surface area contributed by atoms with Crippen molar-refractivity contribution in [2.45, 2.75) is 51.7 Å². The van der Waals surface area contributed by atoms with E-state index in [1.54, 1.807) is 12.1 Å². The van der Waals surface area contributed by atoms with E-state index < -0.39 is 48.6 Å². The highest BCUT2D eigenvalue weighted by Gasteiger charge is 2.28. The molecule has 0 fully saturated rings. The van der Waals surface area contributed by atoms with Gasteiger partial charge >= 0.3 is 5.69 Å². The summed E-state index contributed by atoms with van der Waals surface area (Å²) < 4.78 is 2.03. The summed E-state index contributed by atoms with van der Waals surface area (Å²) in [7, 11) is 0. The number of aliphatic hydroxyl groups excluding tert-OH is 4. The predicted molar refractivity (Wildman–Crippen MR) is 126 cm³/mol. The van der Waals surface area contributed by atoms with Crippen molar-refractivity contribution in [2.24, 2.45) is 5.73 Å². The Morgan fingerprint density at radius 2 is 1.77 bits per heavy atom. The minimum absolute atomic E-state index is 0.153. The topological polar surface area (TPSA) is 206 Å². The maximum atomic E-state index is 13.2. The van der Waals surface area contributed by atoms with E-state index in [2.05, 4.69) is 15.3 Å². The Hall–Kier alpha value is -3.23. The third-order valence-electron chi connectivity index (χ3n) is 5.81. The molecule has 2 aliphatic heterocycles. The lowest BCUT2D eigenvalue weighted by atomic mass is 10.1. The Morgan fingerprint density at radius 1 is 1.09 bits per heavy atom. The van der Waals surface area contributed by atoms with Crippen LogP contribution in [0.4, 0.5) is 0 Å². The molecule has 1 aromatic carbocycles. The molecule has 1 aromatic rings. The monoisotopic (exact) mass is 490 g/mol. The van der Waals surface area contributed by atoms with Gasteiger partial charge in [-0.05, 0) is 50.1 Å². The number of carbonyl (C=O) groups is 1. The first kappa shape index (κ1) is 26.4. The van der Waals surface area contributed by atoms with Gasteiger partial charge in [0.15, 0.2) is 11.5 Å². The van der Waals surface area contributed by atoms with Crippen molar-refractivity contribution >= 4 is 16.9 Å². The molecule has 13 heteroatoms. The second-order valence-electron chi connectivity index (χ2n) is 8.41. The number of amides is 1. The minimum atomic E-state index is -1.71. The first-order valence-corrected chi connectivity index (χ1v) is 11.1. The van der Waals surface area contributed by atoms with Gasteiger partial charge in [0.25, 0.3) is 5.56 Å². The highest BCUT2D eigenvalue weighted by Crippen LogP contribution is 2.24. The van der Waals surface area contributed by atoms with Crippen molar-refractivity contribution < 1.29 is 25.2 Å². The highest BCUT2D eigenvalue weighted by atomic mass is 16.4. The Kier molecular flexibility index (Phi) is 8.30. The molecule has 3 rings (SSSR count). The van der Waals surface area contributed by atoms with Gasteiger partial charge in [-0.15, -0.1) is 0 Å². The van der Waals surface area contributed by atoms with Crippen molar-refractivity contribution in [1.29, 1.82) is 0 Å². The number of aliphatic hydroxyl groups is 4. The maximum absolute atomic E-state index is 13.2. The Labute approximate surface area is 199 Å². The summed E-state index contributed by atoms with van der Waals surface area (Å²) in [5.41, 5.74) is 5.89. The summed E-state index contributed by atoms with van der Waals surface area (Å²) in [5, 5.41) is 42.0. The van der Waals surface area contributed by atoms with E-state index in [0.29, 0.717) is 35.1 Å². The number of nitrogens with two attached hydrogens (primary N) is 1. The zero-order valence-corrected chi connectivity index (χ0v) is 19.5. The molecule has 35 heavy (non-hydrogen) atoms. The molecule has 0 bridgehead atoms. The van der Waals surface area contributed by atoms with E-state index in [1.165, 1.54) is 4.57 Å². The number of aryl methyl sites for hydroxylation is 2. The fourth-order valence-corrected chi connectivity index (χ4v) is 3.64. The van der Waals surface area contributed by atoms with Crippen LogP contribution in [-0.4, -0.2) is 83.4 Å². The number of carbonyl (C=O) groups excluding carboxylic acids is 1. The molecule has 0 aliphatic carbocycles. The minimum Gasteiger partial charge on any atom is -0.394 e. The number of aromatic nitrogens is 4. The SMILES string of the molecule is Cc1cc2nc3c(=O)n(CC(=O)NCCCN)c(=O)nc-3n(C[C@H](O)[C@H](O)[C@H](O)CO)c2cc1C. The van der Waals surface area contributed by atoms with Crippen molar-refractivity contribution in [1.82, 2.24) is 24.4 Å². The molecule has 13 nitrogen and oxygen atoms in total. The van der Waals surface area contributed by atoms with E-state index >= 15 is 0 Å². The van der Waals surface area contributed by atoms with Crippen molar-refractivity contribution in [3.8, 4) is 11.5 Å². The molecule has 1 amide bonds. The molecule has 0 aromatic heterocycles. The van der Waals surface area contributed by atoms with E-state index in [-0.39, 0.29) is 18.1 Å². The standard InChI is InChI=1S/C22H30N6O7/c1-11-6-13-14(7-12(11)2)27(8-15(30)19(33)16(31)10-29)20-18(25-13)21(34)28(22(35)26-20)9-17(32)24-5-3-4-23/h6-7,15-16,19,29-31,33H,3-5,8-10,23H2,1-2H3,(H,24,32)/t15-,16+,19-/m0/s1. The molecule has 0 unspecified atom stereocenters. The van der Waals surface area contributed by atoms with Gasteiger partial charge in [0.2, 0.25) is 5.91 Å². The van der Waals surface area contributed by atoms with Crippen molar-refractivity contribution in [2.75, 3.05) is 19.7 Å². The smallest absolute Gasteiger partial charge is 0.353 e. The first-order valence-electron chi connectivity index (χ1n) is 11.1. The Balaban J connectivity index is 2.18. The van der Waals surface area contributed by atoms with Crippen molar-refractivity contribution in [3.63, 3.8) is 0 Å². The number of rotatable bonds is 10. The maximum Gasteiger partial charge on any atom is 0.353 e. The summed E-state index contributed by atoms with van der Waals surface area (Å²) in [6, 6.07) is 3.46. The fourth-order valence-electron chi connectivity index (χ4n) is 3.64. The molecule has 0 spiro atoms. The van der Waals surface area contributed by atoms with Crippen LogP contribution in [0.2, 0.25) is 0 Å². The molecule has 0 radical (unpaired) electrons. The number of fused-ring (bicyclic) bond motifs is 2. The number of hydrogen-bond donors (Lipinski definition) is 6. The normalized spacial score (nSPS) is 14.3. The van der Waals surface area contributed by atoms with Gasteiger partial charge in [-0.25, -0.2) is 14.3 Å². The van der Waals surface area contributed by atoms with Crippen LogP contribution in [0.15, 0.2) is 21.7 Å². The molecule has 190 valence electrons. The number of benzene rings is 1. The zero-order valence-electron chi connectivity index (χ0n) is 19.5. The van der Waals surface area contributed by atoms with E-state index in [0.717, 1.165) is 11.1 Å². The zero-order chi connectivity index (χ0) is 25.9. The quantitative estimate of drug-likeness (QED) is 0.127. The van der Waals surface area contributed by atoms with Crippen LogP contribution in [0.5, 0.6) is 0 Å². The van der Waals surface area contributed by atoms with Crippen LogP contribution in [0, 0.1) is 13.8 Å². The van der Waals surface area contributed by atoms with Crippen LogP contribution in [0.3, 0.4) is 0 Å². The lowest BCUT2D eigenvalue weighted by Gasteiger charge is -2.25. The lowest BCUT2D eigenvalue weighted by Crippen LogP contribution is -2.44. The van der Waals surface area contributed by atoms with Gasteiger partial charge in [-0.3, -0.25) is 9.59 Å². The molecular weight excluding hydrogens is 460 g/mol. The molecule has 2 aliphatic rings. The van der Waals surface area contributed by atoms with Crippen LogP contribution in [0.1, 0.15) is 17.5 Å². The Bertz CT molecular complexity index is 1300. The number of nitrogens with one attached hydrogen (secondary N) is 1. The van der Waals surface area contributed by atoms with Crippen LogP contribution in [0.25, 0.3) is 22.6 Å². The van der Waals surface area contributed by atoms with Gasteiger partial charge in [0, 0.05) is 6.54 Å². The fraction of sp³-hybridized carbons (Fsp3) is 0.500. The summed E-state index contributed by atoms with van der Waals surface area (Å²) in [4.78, 5) is 46.5. The van der Waals surface area contributed by atoms with Crippen molar-refractivity contribution in [3.05, 3.63) is 44.1 Å². The van der Waals surface area contributed by atoms with Crippen LogP contribution in [-0.2, 0) is 17.9 Å². The van der Waals surface area contributed by atoms with Crippen LogP contribution < -0.4 is 22.3 Å². The third-order valence-corrected chi connectivity index (χ3v) is 5.81. The predicted octanol–water partition coefficient (Wildman–Crippen LogP) is -2.79. The number of nitrogens with zero attached hydrogens (tertiary/aromatic N) is 4. The molecular formula is C22H30N6O7. The second kappa shape index (κ2) is 11.0. The molecule has 3 atom stereocenters. The summed E-state index contributed by atoms with van der Waals surface area (Å²) in [5.74, 6) is -0.712. The lowest BCUT2D eigenvalue weighted by molar-refractivity contribution is -0.121. The molecule has 0 saturated heterocycles. The molecule has 7 N–H and O–H groups in total. The first-order chi connectivity index (χ1) is 16.6. The molecule has 0 saturated carbocycles. The third kappa shape index (κ3) is 5.55. The van der Waals surface area contributed by atoms with Gasteiger partial charge in [0.1, 0.15) is 24.9 Å².